The minimum absolute atomic E-state index is 0.106. The first-order chi connectivity index (χ1) is 13.0. The SMILES string of the molecule is CCS(=O)(=O)N1CCc2cc(C(=O)N3CCN(C4CCC4)CC3)ccc2C1. The zero-order chi connectivity index (χ0) is 19.0. The number of fused-ring (bicyclic) bond motifs is 1. The minimum Gasteiger partial charge on any atom is -0.336 e. The molecule has 4 rings (SSSR count). The van der Waals surface area contributed by atoms with Gasteiger partial charge in [-0.15, -0.1) is 0 Å². The van der Waals surface area contributed by atoms with Gasteiger partial charge in [0.15, 0.2) is 0 Å². The zero-order valence-electron chi connectivity index (χ0n) is 16.1. The Labute approximate surface area is 162 Å². The average molecular weight is 392 g/mol. The van der Waals surface area contributed by atoms with Crippen molar-refractivity contribution in [2.45, 2.75) is 45.2 Å². The van der Waals surface area contributed by atoms with Crippen molar-refractivity contribution in [3.63, 3.8) is 0 Å². The highest BCUT2D eigenvalue weighted by Gasteiger charge is 2.30. The van der Waals surface area contributed by atoms with E-state index in [1.54, 1.807) is 11.2 Å². The maximum Gasteiger partial charge on any atom is 0.253 e. The van der Waals surface area contributed by atoms with Gasteiger partial charge in [-0.1, -0.05) is 12.5 Å². The molecule has 1 amide bonds. The third-order valence-electron chi connectivity index (χ3n) is 6.38. The Hall–Kier alpha value is -1.44. The van der Waals surface area contributed by atoms with Crippen LogP contribution in [0.3, 0.4) is 0 Å². The Morgan fingerprint density at radius 1 is 1.07 bits per heavy atom. The van der Waals surface area contributed by atoms with Crippen molar-refractivity contribution in [1.29, 1.82) is 0 Å². The second-order valence-corrected chi connectivity index (χ2v) is 10.1. The molecule has 1 aliphatic carbocycles. The van der Waals surface area contributed by atoms with Gasteiger partial charge < -0.3 is 4.90 Å². The highest BCUT2D eigenvalue weighted by Crippen LogP contribution is 2.26. The largest absolute Gasteiger partial charge is 0.336 e. The van der Waals surface area contributed by atoms with Crippen LogP contribution < -0.4 is 0 Å². The van der Waals surface area contributed by atoms with Crippen LogP contribution in [-0.2, 0) is 23.0 Å². The Morgan fingerprint density at radius 2 is 1.81 bits per heavy atom. The lowest BCUT2D eigenvalue weighted by atomic mass is 9.91. The number of hydrogen-bond donors (Lipinski definition) is 0. The lowest BCUT2D eigenvalue weighted by Crippen LogP contribution is -2.53. The number of carbonyl (C=O) groups is 1. The van der Waals surface area contributed by atoms with Crippen molar-refractivity contribution >= 4 is 15.9 Å². The van der Waals surface area contributed by atoms with E-state index >= 15 is 0 Å². The van der Waals surface area contributed by atoms with E-state index in [1.807, 2.05) is 23.1 Å². The lowest BCUT2D eigenvalue weighted by molar-refractivity contribution is 0.0455. The highest BCUT2D eigenvalue weighted by molar-refractivity contribution is 7.89. The van der Waals surface area contributed by atoms with Gasteiger partial charge in [-0.2, -0.15) is 4.31 Å². The summed E-state index contributed by atoms with van der Waals surface area (Å²) in [4.78, 5) is 17.4. The smallest absolute Gasteiger partial charge is 0.253 e. The summed E-state index contributed by atoms with van der Waals surface area (Å²) in [5, 5.41) is 0. The van der Waals surface area contributed by atoms with Gasteiger partial charge in [0.25, 0.3) is 5.91 Å². The van der Waals surface area contributed by atoms with Crippen LogP contribution >= 0.6 is 0 Å². The highest BCUT2D eigenvalue weighted by atomic mass is 32.2. The van der Waals surface area contributed by atoms with Crippen molar-refractivity contribution in [1.82, 2.24) is 14.1 Å². The summed E-state index contributed by atoms with van der Waals surface area (Å²) >= 11 is 0. The Balaban J connectivity index is 1.41. The summed E-state index contributed by atoms with van der Waals surface area (Å²) in [6.45, 7) is 6.15. The van der Waals surface area contributed by atoms with Crippen molar-refractivity contribution in [3.8, 4) is 0 Å². The molecule has 148 valence electrons. The molecule has 0 spiro atoms. The summed E-state index contributed by atoms with van der Waals surface area (Å²) in [5.41, 5.74) is 2.86. The van der Waals surface area contributed by atoms with Gasteiger partial charge in [-0.05, 0) is 49.4 Å². The Morgan fingerprint density at radius 3 is 2.44 bits per heavy atom. The van der Waals surface area contributed by atoms with Gasteiger partial charge in [-0.25, -0.2) is 8.42 Å². The maximum atomic E-state index is 12.9. The van der Waals surface area contributed by atoms with Crippen LogP contribution in [0, 0.1) is 0 Å². The van der Waals surface area contributed by atoms with Crippen LogP contribution in [0.4, 0.5) is 0 Å². The van der Waals surface area contributed by atoms with Crippen molar-refractivity contribution in [3.05, 3.63) is 34.9 Å². The summed E-state index contributed by atoms with van der Waals surface area (Å²) in [6, 6.07) is 6.52. The molecule has 6 nitrogen and oxygen atoms in total. The normalized spacial score (nSPS) is 22.3. The van der Waals surface area contributed by atoms with Crippen molar-refractivity contribution in [2.24, 2.45) is 0 Å². The second-order valence-electron chi connectivity index (χ2n) is 7.88. The molecule has 0 radical (unpaired) electrons. The van der Waals surface area contributed by atoms with Crippen LogP contribution in [0.1, 0.15) is 47.7 Å². The van der Waals surface area contributed by atoms with Gasteiger partial charge in [0.05, 0.1) is 5.75 Å². The third-order valence-corrected chi connectivity index (χ3v) is 8.21. The first kappa shape index (κ1) is 18.9. The van der Waals surface area contributed by atoms with E-state index in [9.17, 15) is 13.2 Å². The quantitative estimate of drug-likeness (QED) is 0.784. The van der Waals surface area contributed by atoms with E-state index in [0.717, 1.165) is 48.9 Å². The number of benzene rings is 1. The molecule has 7 heteroatoms. The number of piperazine rings is 1. The predicted octanol–water partition coefficient (Wildman–Crippen LogP) is 1.70. The number of hydrogen-bond acceptors (Lipinski definition) is 4. The summed E-state index contributed by atoms with van der Waals surface area (Å²) in [6.07, 6.45) is 4.63. The van der Waals surface area contributed by atoms with E-state index in [4.69, 9.17) is 0 Å². The van der Waals surface area contributed by atoms with E-state index < -0.39 is 10.0 Å². The molecule has 2 heterocycles. The van der Waals surface area contributed by atoms with Crippen LogP contribution in [-0.4, -0.2) is 72.9 Å². The van der Waals surface area contributed by atoms with Crippen LogP contribution in [0.5, 0.6) is 0 Å². The van der Waals surface area contributed by atoms with E-state index in [0.29, 0.717) is 19.5 Å². The summed E-state index contributed by atoms with van der Waals surface area (Å²) in [7, 11) is -3.16. The topological polar surface area (TPSA) is 60.9 Å². The minimum atomic E-state index is -3.16. The van der Waals surface area contributed by atoms with Crippen LogP contribution in [0.25, 0.3) is 0 Å². The van der Waals surface area contributed by atoms with Gasteiger partial charge in [0.1, 0.15) is 0 Å². The molecule has 0 atom stereocenters. The molecule has 27 heavy (non-hydrogen) atoms. The predicted molar refractivity (Wildman–Crippen MR) is 105 cm³/mol. The van der Waals surface area contributed by atoms with Gasteiger partial charge >= 0.3 is 0 Å². The average Bonchev–Trinajstić information content (AvgIpc) is 2.66. The Bertz CT molecular complexity index is 812. The number of amides is 1. The molecule has 0 unspecified atom stereocenters. The van der Waals surface area contributed by atoms with Crippen LogP contribution in [0.2, 0.25) is 0 Å². The van der Waals surface area contributed by atoms with Gasteiger partial charge in [0, 0.05) is 50.9 Å². The molecule has 1 aromatic carbocycles. The number of carbonyl (C=O) groups excluding carboxylic acids is 1. The molecule has 1 saturated carbocycles. The van der Waals surface area contributed by atoms with E-state index in [2.05, 4.69) is 4.90 Å². The Kier molecular flexibility index (Phi) is 5.27. The van der Waals surface area contributed by atoms with Gasteiger partial charge in [0.2, 0.25) is 10.0 Å². The van der Waals surface area contributed by atoms with Gasteiger partial charge in [-0.3, -0.25) is 9.69 Å². The number of rotatable bonds is 4. The number of sulfonamides is 1. The molecular formula is C20H29N3O3S. The monoisotopic (exact) mass is 391 g/mol. The number of nitrogens with zero attached hydrogens (tertiary/aromatic N) is 3. The van der Waals surface area contributed by atoms with E-state index in [-0.39, 0.29) is 11.7 Å². The summed E-state index contributed by atoms with van der Waals surface area (Å²) < 4.78 is 25.8. The van der Waals surface area contributed by atoms with Crippen LogP contribution in [0.15, 0.2) is 18.2 Å². The van der Waals surface area contributed by atoms with E-state index in [1.165, 1.54) is 19.3 Å². The standard InChI is InChI=1S/C20H29N3O3S/c1-2-27(25,26)23-9-8-16-14-17(6-7-18(16)15-23)20(24)22-12-10-21(11-13-22)19-4-3-5-19/h6-7,14,19H,2-5,8-13,15H2,1H3. The summed E-state index contributed by atoms with van der Waals surface area (Å²) in [5.74, 6) is 0.237. The third kappa shape index (κ3) is 3.77. The second kappa shape index (κ2) is 7.53. The molecule has 0 N–H and O–H groups in total. The molecular weight excluding hydrogens is 362 g/mol. The molecule has 1 aromatic rings. The van der Waals surface area contributed by atoms with Crippen molar-refractivity contribution in [2.75, 3.05) is 38.5 Å². The fraction of sp³-hybridized carbons (Fsp3) is 0.650. The van der Waals surface area contributed by atoms with Crippen molar-refractivity contribution < 1.29 is 13.2 Å². The first-order valence-electron chi connectivity index (χ1n) is 10.1. The fourth-order valence-corrected chi connectivity index (χ4v) is 5.38. The molecule has 2 aliphatic heterocycles. The molecule has 0 bridgehead atoms. The maximum absolute atomic E-state index is 12.9. The molecule has 0 aromatic heterocycles. The zero-order valence-corrected chi connectivity index (χ0v) is 16.9. The fourth-order valence-electron chi connectivity index (χ4n) is 4.30. The first-order valence-corrected chi connectivity index (χ1v) is 11.7. The lowest BCUT2D eigenvalue weighted by Gasteiger charge is -2.43. The molecule has 2 fully saturated rings. The molecule has 3 aliphatic rings. The molecule has 1 saturated heterocycles.